The molecule has 7 rings (SSSR count). The van der Waals surface area contributed by atoms with E-state index in [-0.39, 0.29) is 59.8 Å². The van der Waals surface area contributed by atoms with Crippen LogP contribution in [0.2, 0.25) is 0 Å². The second-order valence-corrected chi connectivity index (χ2v) is 14.5. The number of phenols is 4. The Labute approximate surface area is 290 Å². The lowest BCUT2D eigenvalue weighted by molar-refractivity contribution is -0.644. The van der Waals surface area contributed by atoms with Gasteiger partial charge in [0, 0.05) is 48.9 Å². The van der Waals surface area contributed by atoms with E-state index in [4.69, 9.17) is 0 Å². The van der Waals surface area contributed by atoms with Crippen molar-refractivity contribution in [3.05, 3.63) is 152 Å². The fourth-order valence-electron chi connectivity index (χ4n) is 6.97. The molecule has 50 heavy (non-hydrogen) atoms. The van der Waals surface area contributed by atoms with Gasteiger partial charge in [0.05, 0.1) is 10.3 Å². The third kappa shape index (κ3) is 6.29. The molecule has 1 aromatic heterocycles. The fraction of sp³-hybridized carbons (Fsp3) is 0.146. The average molecular weight is 687 g/mol. The number of aryl methyl sites for hydroxylation is 2. The van der Waals surface area contributed by atoms with Gasteiger partial charge in [-0.25, -0.2) is 4.57 Å². The van der Waals surface area contributed by atoms with Crippen molar-refractivity contribution in [2.75, 3.05) is 0 Å². The van der Waals surface area contributed by atoms with Gasteiger partial charge in [0.1, 0.15) is 30.0 Å². The molecule has 0 spiro atoms. The highest BCUT2D eigenvalue weighted by Gasteiger charge is 2.22. The van der Waals surface area contributed by atoms with Crippen LogP contribution in [0.4, 0.5) is 0 Å². The molecule has 0 amide bonds. The number of phenolic OH excluding ortho intramolecular Hbond substituents is 4. The average Bonchev–Trinajstić information content (AvgIpc) is 3.07. The first-order chi connectivity index (χ1) is 23.9. The summed E-state index contributed by atoms with van der Waals surface area (Å²) in [6.07, 6.45) is 6.28. The molecule has 6 aromatic rings. The van der Waals surface area contributed by atoms with Crippen LogP contribution < -0.4 is 4.57 Å². The van der Waals surface area contributed by atoms with Crippen molar-refractivity contribution in [2.24, 2.45) is 7.05 Å². The van der Waals surface area contributed by atoms with Crippen LogP contribution in [0.3, 0.4) is 0 Å². The van der Waals surface area contributed by atoms with Crippen LogP contribution in [-0.4, -0.2) is 33.4 Å². The quantitative estimate of drug-likeness (QED) is 0.101. The first-order valence-corrected chi connectivity index (χ1v) is 17.6. The van der Waals surface area contributed by atoms with Crippen LogP contribution in [0, 0.1) is 6.92 Å². The normalized spacial score (nSPS) is 13.2. The van der Waals surface area contributed by atoms with Crippen LogP contribution in [0.15, 0.2) is 96.0 Å². The van der Waals surface area contributed by atoms with Gasteiger partial charge in [-0.2, -0.15) is 8.42 Å². The SMILES string of the molecule is Cc1cc2c(O)c(c1)Cc1cc(S(=O)(=O)O)cc(c1O)Cc1cccc(c1O)Cc1cc(/C=C/c3cc[n+](C)c4ccccc34)cc(c1O)C2. The van der Waals surface area contributed by atoms with Crippen LogP contribution in [0.1, 0.15) is 61.2 Å². The maximum Gasteiger partial charge on any atom is 0.294 e. The first kappa shape index (κ1) is 32.9. The van der Waals surface area contributed by atoms with Crippen molar-refractivity contribution in [1.82, 2.24) is 0 Å². The van der Waals surface area contributed by atoms with E-state index in [1.807, 2.05) is 68.7 Å². The highest BCUT2D eigenvalue weighted by atomic mass is 32.2. The summed E-state index contributed by atoms with van der Waals surface area (Å²) in [4.78, 5) is -0.401. The number of pyridine rings is 1. The molecule has 8 bridgehead atoms. The summed E-state index contributed by atoms with van der Waals surface area (Å²) in [6.45, 7) is 1.87. The molecular formula is C41H36NO7S+. The Hall–Kier alpha value is -5.64. The summed E-state index contributed by atoms with van der Waals surface area (Å²) in [5.74, 6) is -0.244. The summed E-state index contributed by atoms with van der Waals surface area (Å²) in [7, 11) is -2.64. The lowest BCUT2D eigenvalue weighted by atomic mass is 9.90. The minimum atomic E-state index is -4.65. The Kier molecular flexibility index (Phi) is 8.33. The lowest BCUT2D eigenvalue weighted by Crippen LogP contribution is -2.28. The second-order valence-electron chi connectivity index (χ2n) is 13.0. The molecule has 5 aromatic carbocycles. The van der Waals surface area contributed by atoms with E-state index >= 15 is 0 Å². The van der Waals surface area contributed by atoms with Gasteiger partial charge < -0.3 is 20.4 Å². The number of aromatic nitrogens is 1. The van der Waals surface area contributed by atoms with Crippen molar-refractivity contribution in [1.29, 1.82) is 0 Å². The number of fused-ring (bicyclic) bond motifs is 9. The van der Waals surface area contributed by atoms with Gasteiger partial charge in [-0.1, -0.05) is 60.2 Å². The van der Waals surface area contributed by atoms with E-state index in [0.717, 1.165) is 27.6 Å². The zero-order chi connectivity index (χ0) is 35.3. The summed E-state index contributed by atoms with van der Waals surface area (Å²) >= 11 is 0. The van der Waals surface area contributed by atoms with Crippen molar-refractivity contribution in [3.8, 4) is 23.0 Å². The predicted octanol–water partition coefficient (Wildman–Crippen LogP) is 6.89. The monoisotopic (exact) mass is 686 g/mol. The highest BCUT2D eigenvalue weighted by molar-refractivity contribution is 7.85. The maximum atomic E-state index is 12.3. The highest BCUT2D eigenvalue weighted by Crippen LogP contribution is 2.39. The molecule has 252 valence electrons. The van der Waals surface area contributed by atoms with Crippen molar-refractivity contribution in [2.45, 2.75) is 37.5 Å². The van der Waals surface area contributed by atoms with E-state index in [2.05, 4.69) is 16.7 Å². The van der Waals surface area contributed by atoms with Gasteiger partial charge in [-0.15, -0.1) is 0 Å². The molecule has 9 heteroatoms. The smallest absolute Gasteiger partial charge is 0.294 e. The number of rotatable bonds is 3. The Morgan fingerprint density at radius 2 is 1.08 bits per heavy atom. The minimum absolute atomic E-state index is 0.0441. The lowest BCUT2D eigenvalue weighted by Gasteiger charge is -2.18. The summed E-state index contributed by atoms with van der Waals surface area (Å²) in [5, 5.41) is 47.2. The molecule has 0 radical (unpaired) electrons. The number of aromatic hydroxyl groups is 4. The number of hydrogen-bond acceptors (Lipinski definition) is 6. The standard InChI is InChI=1S/C41H35NO7S/c1-24-14-29-20-32-17-25(10-11-26-12-13-42(2)37-9-4-3-8-36(26)37)16-31(40(32)45)18-27-6-5-7-28(38(27)43)19-33-22-35(50(47,48)49)23-34(41(33)46)21-30(15-24)39(29)44/h3-17,22-23H,18-21H2,1-2H3,(H4,43,44,46,47,48,49)/p+1. The van der Waals surface area contributed by atoms with Gasteiger partial charge in [0.2, 0.25) is 5.52 Å². The summed E-state index contributed by atoms with van der Waals surface area (Å²) in [5.41, 5.74) is 7.17. The second kappa shape index (κ2) is 12.7. The number of para-hydroxylation sites is 2. The molecule has 0 saturated heterocycles. The number of benzene rings is 5. The topological polar surface area (TPSA) is 139 Å². The zero-order valence-corrected chi connectivity index (χ0v) is 28.4. The molecule has 1 heterocycles. The third-order valence-electron chi connectivity index (χ3n) is 9.50. The van der Waals surface area contributed by atoms with Crippen LogP contribution >= 0.6 is 0 Å². The van der Waals surface area contributed by atoms with Gasteiger partial charge in [0.25, 0.3) is 10.1 Å². The van der Waals surface area contributed by atoms with E-state index in [1.54, 1.807) is 24.3 Å². The molecule has 0 atom stereocenters. The number of hydrogen-bond donors (Lipinski definition) is 5. The van der Waals surface area contributed by atoms with E-state index < -0.39 is 15.0 Å². The molecule has 0 fully saturated rings. The van der Waals surface area contributed by atoms with Gasteiger partial charge in [0.15, 0.2) is 6.20 Å². The zero-order valence-electron chi connectivity index (χ0n) is 27.6. The van der Waals surface area contributed by atoms with Crippen molar-refractivity contribution < 1.29 is 38.0 Å². The third-order valence-corrected chi connectivity index (χ3v) is 10.3. The fourth-order valence-corrected chi connectivity index (χ4v) is 7.55. The van der Waals surface area contributed by atoms with Crippen LogP contribution in [0.5, 0.6) is 23.0 Å². The molecular weight excluding hydrogens is 651 g/mol. The largest absolute Gasteiger partial charge is 0.507 e. The Balaban J connectivity index is 1.41. The molecule has 5 N–H and O–H groups in total. The van der Waals surface area contributed by atoms with Gasteiger partial charge in [-0.05, 0) is 81.8 Å². The Morgan fingerprint density at radius 1 is 0.600 bits per heavy atom. The Bertz CT molecular complexity index is 2490. The van der Waals surface area contributed by atoms with Gasteiger partial charge in [-0.3, -0.25) is 4.55 Å². The van der Waals surface area contributed by atoms with Crippen molar-refractivity contribution in [3.63, 3.8) is 0 Å². The minimum Gasteiger partial charge on any atom is -0.507 e. The van der Waals surface area contributed by atoms with E-state index in [1.165, 1.54) is 12.1 Å². The van der Waals surface area contributed by atoms with E-state index in [9.17, 15) is 33.4 Å². The summed E-state index contributed by atoms with van der Waals surface area (Å²) < 4.78 is 36.6. The predicted molar refractivity (Wildman–Crippen MR) is 192 cm³/mol. The maximum absolute atomic E-state index is 12.3. The Morgan fingerprint density at radius 3 is 1.64 bits per heavy atom. The molecule has 1 aliphatic carbocycles. The molecule has 0 saturated carbocycles. The van der Waals surface area contributed by atoms with Crippen molar-refractivity contribution >= 4 is 33.2 Å². The first-order valence-electron chi connectivity index (χ1n) is 16.2. The molecule has 1 aliphatic rings. The summed E-state index contributed by atoms with van der Waals surface area (Å²) in [6, 6.07) is 25.1. The van der Waals surface area contributed by atoms with Crippen LogP contribution in [0.25, 0.3) is 23.1 Å². The van der Waals surface area contributed by atoms with E-state index in [0.29, 0.717) is 33.4 Å². The molecule has 0 aliphatic heterocycles. The van der Waals surface area contributed by atoms with Gasteiger partial charge >= 0.3 is 0 Å². The van der Waals surface area contributed by atoms with Crippen LogP contribution in [-0.2, 0) is 42.8 Å². The molecule has 8 nitrogen and oxygen atoms in total. The molecule has 0 unspecified atom stereocenters. The number of nitrogens with zero attached hydrogens (tertiary/aromatic N) is 1.